The minimum absolute atomic E-state index is 0.341. The third-order valence-electron chi connectivity index (χ3n) is 6.20. The van der Waals surface area contributed by atoms with E-state index in [-0.39, 0.29) is 0 Å². The van der Waals surface area contributed by atoms with Gasteiger partial charge in [-0.05, 0) is 30.7 Å². The predicted octanol–water partition coefficient (Wildman–Crippen LogP) is 8.60. The maximum Gasteiger partial charge on any atom is 0.335 e. The van der Waals surface area contributed by atoms with Crippen molar-refractivity contribution in [1.29, 1.82) is 0 Å². The molecule has 0 fully saturated rings. The fourth-order valence-corrected chi connectivity index (χ4v) is 6.75. The lowest BCUT2D eigenvalue weighted by atomic mass is 10.1. The van der Waals surface area contributed by atoms with Gasteiger partial charge in [-0.25, -0.2) is 4.79 Å². The average Bonchev–Trinajstić information content (AvgIpc) is 2.72. The maximum absolute atomic E-state index is 10.8. The number of carbonyl (C=O) groups is 1. The van der Waals surface area contributed by atoms with Crippen LogP contribution >= 0.6 is 0 Å². The van der Waals surface area contributed by atoms with Crippen LogP contribution in [0.5, 0.6) is 0 Å². The van der Waals surface area contributed by atoms with E-state index >= 15 is 0 Å². The minimum atomic E-state index is -0.912. The van der Waals surface area contributed by atoms with E-state index in [1.807, 2.05) is 12.1 Å². The molecule has 0 amide bonds. The summed E-state index contributed by atoms with van der Waals surface area (Å²) in [4.78, 5) is 10.8. The van der Waals surface area contributed by atoms with Gasteiger partial charge in [0.2, 0.25) is 0 Å². The Bertz CT molecular complexity index is 557. The second kappa shape index (κ2) is 16.4. The van der Waals surface area contributed by atoms with Crippen LogP contribution in [0, 0.1) is 0 Å². The highest BCUT2D eigenvalue weighted by atomic mass is 28.3. The van der Waals surface area contributed by atoms with Crippen molar-refractivity contribution >= 4 is 19.7 Å². The number of unbranched alkanes of at least 4 members (excludes halogenated alkanes) is 11. The number of hydrogen-bond donors (Lipinski definition) is 2. The molecule has 0 spiro atoms. The second-order valence-corrected chi connectivity index (χ2v) is 15.0. The molecule has 1 aromatic carbocycles. The number of aromatic carboxylic acids is 1. The van der Waals surface area contributed by atoms with E-state index in [4.69, 9.17) is 5.11 Å². The summed E-state index contributed by atoms with van der Waals surface area (Å²) < 4.78 is 0. The van der Waals surface area contributed by atoms with Crippen molar-refractivity contribution in [2.45, 2.75) is 116 Å². The molecule has 0 aliphatic heterocycles. The van der Waals surface area contributed by atoms with Crippen LogP contribution in [-0.4, -0.2) is 25.7 Å². The Morgan fingerprint density at radius 1 is 0.767 bits per heavy atom. The Labute approximate surface area is 187 Å². The largest absolute Gasteiger partial charge is 0.478 e. The smallest absolute Gasteiger partial charge is 0.335 e. The minimum Gasteiger partial charge on any atom is -0.478 e. The summed E-state index contributed by atoms with van der Waals surface area (Å²) in [6.07, 6.45) is 18.0. The first-order valence-electron chi connectivity index (χ1n) is 12.5. The number of anilines is 1. The number of nitrogens with one attached hydrogen (secondary N) is 1. The quantitative estimate of drug-likeness (QED) is 0.170. The summed E-state index contributed by atoms with van der Waals surface area (Å²) in [6.45, 7) is 8.45. The van der Waals surface area contributed by atoms with Gasteiger partial charge in [-0.15, -0.1) is 0 Å². The van der Waals surface area contributed by atoms with E-state index in [1.165, 1.54) is 95.6 Å². The van der Waals surface area contributed by atoms with Crippen LogP contribution in [0.3, 0.4) is 0 Å². The van der Waals surface area contributed by atoms with E-state index in [0.29, 0.717) is 5.56 Å². The van der Waals surface area contributed by atoms with Gasteiger partial charge in [0, 0.05) is 20.3 Å². The molecule has 0 bridgehead atoms. The highest BCUT2D eigenvalue weighted by Crippen LogP contribution is 2.23. The highest BCUT2D eigenvalue weighted by molar-refractivity contribution is 6.77. The summed E-state index contributed by atoms with van der Waals surface area (Å²) in [5.74, 6) is -0.870. The summed E-state index contributed by atoms with van der Waals surface area (Å²) in [7, 11) is -0.912. The van der Waals surface area contributed by atoms with Crippen LogP contribution in [0.2, 0.25) is 25.2 Å². The number of hydrogen-bond acceptors (Lipinski definition) is 2. The molecule has 0 saturated carbocycles. The van der Waals surface area contributed by atoms with Crippen LogP contribution in [0.15, 0.2) is 24.3 Å². The zero-order valence-electron chi connectivity index (χ0n) is 20.0. The molecule has 30 heavy (non-hydrogen) atoms. The standard InChI is InChI=1S/C26H47NO2Si/c1-4-5-6-15-22-30(2,3)23-16-13-11-9-7-8-10-12-14-21-27-25-19-17-24(18-20-25)26(28)29/h17-20,27H,4-16,21-23H2,1-3H3,(H,28,29). The van der Waals surface area contributed by atoms with E-state index in [1.54, 1.807) is 12.1 Å². The van der Waals surface area contributed by atoms with Crippen LogP contribution in [-0.2, 0) is 0 Å². The van der Waals surface area contributed by atoms with Crippen LogP contribution in [0.25, 0.3) is 0 Å². The van der Waals surface area contributed by atoms with E-state index < -0.39 is 14.0 Å². The molecule has 4 heteroatoms. The van der Waals surface area contributed by atoms with Crippen molar-refractivity contribution < 1.29 is 9.90 Å². The topological polar surface area (TPSA) is 49.3 Å². The third kappa shape index (κ3) is 13.8. The molecule has 3 nitrogen and oxygen atoms in total. The number of carboxylic acids is 1. The van der Waals surface area contributed by atoms with Gasteiger partial charge in [0.05, 0.1) is 5.56 Å². The van der Waals surface area contributed by atoms with Crippen LogP contribution in [0.1, 0.15) is 101 Å². The Kier molecular flexibility index (Phi) is 14.6. The number of carboxylic acid groups (broad SMARTS) is 1. The van der Waals surface area contributed by atoms with Gasteiger partial charge in [0.25, 0.3) is 0 Å². The van der Waals surface area contributed by atoms with Gasteiger partial charge in [-0.1, -0.05) is 109 Å². The van der Waals surface area contributed by atoms with Crippen molar-refractivity contribution in [1.82, 2.24) is 0 Å². The highest BCUT2D eigenvalue weighted by Gasteiger charge is 2.18. The molecular weight excluding hydrogens is 386 g/mol. The van der Waals surface area contributed by atoms with E-state index in [2.05, 4.69) is 25.3 Å². The molecule has 0 radical (unpaired) electrons. The molecule has 1 aromatic rings. The molecular formula is C26H47NO2Si. The van der Waals surface area contributed by atoms with Crippen LogP contribution < -0.4 is 5.32 Å². The van der Waals surface area contributed by atoms with Crippen LogP contribution in [0.4, 0.5) is 5.69 Å². The molecule has 0 atom stereocenters. The Balaban J connectivity index is 1.89. The zero-order chi connectivity index (χ0) is 22.1. The Morgan fingerprint density at radius 2 is 1.23 bits per heavy atom. The fraction of sp³-hybridized carbons (Fsp3) is 0.731. The van der Waals surface area contributed by atoms with Gasteiger partial charge >= 0.3 is 5.97 Å². The Morgan fingerprint density at radius 3 is 1.73 bits per heavy atom. The maximum atomic E-state index is 10.8. The summed E-state index contributed by atoms with van der Waals surface area (Å²) in [5, 5.41) is 12.3. The summed E-state index contributed by atoms with van der Waals surface area (Å²) in [6, 6.07) is 10.1. The molecule has 1 rings (SSSR count). The molecule has 2 N–H and O–H groups in total. The molecule has 172 valence electrons. The van der Waals surface area contributed by atoms with Gasteiger partial charge in [-0.3, -0.25) is 0 Å². The van der Waals surface area contributed by atoms with Crippen molar-refractivity contribution in [2.24, 2.45) is 0 Å². The summed E-state index contributed by atoms with van der Waals surface area (Å²) in [5.41, 5.74) is 1.35. The van der Waals surface area contributed by atoms with Gasteiger partial charge < -0.3 is 10.4 Å². The molecule has 0 aliphatic rings. The first-order chi connectivity index (χ1) is 14.4. The molecule has 0 heterocycles. The molecule has 0 aliphatic carbocycles. The SMILES string of the molecule is CCCCCC[Si](C)(C)CCCCCCCCCCCNc1ccc(C(=O)O)cc1. The lowest BCUT2D eigenvalue weighted by molar-refractivity contribution is 0.0697. The van der Waals surface area contributed by atoms with Crippen molar-refractivity contribution in [3.8, 4) is 0 Å². The molecule has 0 saturated heterocycles. The predicted molar refractivity (Wildman–Crippen MR) is 135 cm³/mol. The first kappa shape index (κ1) is 26.7. The fourth-order valence-electron chi connectivity index (χ4n) is 4.08. The van der Waals surface area contributed by atoms with E-state index in [9.17, 15) is 4.79 Å². The Hall–Kier alpha value is -1.29. The average molecular weight is 434 g/mol. The van der Waals surface area contributed by atoms with Gasteiger partial charge in [-0.2, -0.15) is 0 Å². The molecule has 0 unspecified atom stereocenters. The first-order valence-corrected chi connectivity index (χ1v) is 15.9. The third-order valence-corrected chi connectivity index (χ3v) is 9.61. The number of benzene rings is 1. The van der Waals surface area contributed by atoms with Crippen molar-refractivity contribution in [3.63, 3.8) is 0 Å². The van der Waals surface area contributed by atoms with Gasteiger partial charge in [0.1, 0.15) is 0 Å². The normalized spacial score (nSPS) is 11.6. The lowest BCUT2D eigenvalue weighted by Crippen LogP contribution is -2.24. The summed E-state index contributed by atoms with van der Waals surface area (Å²) >= 11 is 0. The van der Waals surface area contributed by atoms with Crippen molar-refractivity contribution in [2.75, 3.05) is 11.9 Å². The lowest BCUT2D eigenvalue weighted by Gasteiger charge is -2.22. The zero-order valence-corrected chi connectivity index (χ0v) is 21.0. The van der Waals surface area contributed by atoms with Gasteiger partial charge in [0.15, 0.2) is 0 Å². The molecule has 0 aromatic heterocycles. The number of rotatable bonds is 19. The monoisotopic (exact) mass is 433 g/mol. The van der Waals surface area contributed by atoms with E-state index in [0.717, 1.165) is 12.2 Å². The van der Waals surface area contributed by atoms with Crippen molar-refractivity contribution in [3.05, 3.63) is 29.8 Å². The second-order valence-electron chi connectivity index (χ2n) is 9.72.